The van der Waals surface area contributed by atoms with Gasteiger partial charge in [0.15, 0.2) is 5.76 Å². The fraction of sp³-hybridized carbons (Fsp3) is 0.889. The summed E-state index contributed by atoms with van der Waals surface area (Å²) in [5.74, 6) is 1.11. The zero-order chi connectivity index (χ0) is 25.0. The molecule has 0 aliphatic carbocycles. The monoisotopic (exact) mass is 496 g/mol. The number of ether oxygens (including phenoxy) is 4. The Balaban J connectivity index is 1.56. The van der Waals surface area contributed by atoms with Crippen molar-refractivity contribution >= 4 is 5.91 Å². The zero-order valence-electron chi connectivity index (χ0n) is 22.2. The third-order valence-electron chi connectivity index (χ3n) is 7.60. The van der Waals surface area contributed by atoms with Crippen molar-refractivity contribution in [1.29, 1.82) is 0 Å². The van der Waals surface area contributed by atoms with Gasteiger partial charge >= 0.3 is 0 Å². The number of hydrogen-bond acceptors (Lipinski definition) is 7. The van der Waals surface area contributed by atoms with Crippen LogP contribution in [0.15, 0.2) is 11.8 Å². The SMILES string of the molecule is CCOC1OC(C(=O)N2CCC(N3CCCCC3)CC2)=CC(C(C)C)C1CCOCCOCCO. The van der Waals surface area contributed by atoms with Gasteiger partial charge in [-0.25, -0.2) is 0 Å². The maximum Gasteiger partial charge on any atom is 0.288 e. The summed E-state index contributed by atoms with van der Waals surface area (Å²) in [6.07, 6.45) is 8.44. The molecule has 0 aromatic rings. The molecule has 0 bridgehead atoms. The lowest BCUT2D eigenvalue weighted by Crippen LogP contribution is -2.49. The van der Waals surface area contributed by atoms with E-state index in [0.29, 0.717) is 50.8 Å². The van der Waals surface area contributed by atoms with Crippen LogP contribution in [-0.2, 0) is 23.7 Å². The van der Waals surface area contributed by atoms with E-state index in [-0.39, 0.29) is 24.3 Å². The van der Waals surface area contributed by atoms with Crippen LogP contribution in [0.1, 0.15) is 59.3 Å². The minimum Gasteiger partial charge on any atom is -0.459 e. The fourth-order valence-corrected chi connectivity index (χ4v) is 5.67. The fourth-order valence-electron chi connectivity index (χ4n) is 5.67. The first-order valence-corrected chi connectivity index (χ1v) is 13.8. The van der Waals surface area contributed by atoms with Crippen molar-refractivity contribution in [3.05, 3.63) is 11.8 Å². The molecule has 3 aliphatic heterocycles. The van der Waals surface area contributed by atoms with Crippen LogP contribution in [0.2, 0.25) is 0 Å². The number of hydrogen-bond donors (Lipinski definition) is 1. The number of allylic oxidation sites excluding steroid dienone is 1. The van der Waals surface area contributed by atoms with Crippen LogP contribution in [0.3, 0.4) is 0 Å². The predicted molar refractivity (Wildman–Crippen MR) is 135 cm³/mol. The molecule has 3 rings (SSSR count). The van der Waals surface area contributed by atoms with Crippen molar-refractivity contribution in [3.63, 3.8) is 0 Å². The Morgan fingerprint density at radius 3 is 2.37 bits per heavy atom. The molecule has 2 fully saturated rings. The van der Waals surface area contributed by atoms with Gasteiger partial charge < -0.3 is 33.9 Å². The molecule has 202 valence electrons. The minimum atomic E-state index is -0.448. The van der Waals surface area contributed by atoms with Gasteiger partial charge in [-0.3, -0.25) is 4.79 Å². The van der Waals surface area contributed by atoms with Gasteiger partial charge in [-0.15, -0.1) is 0 Å². The molecule has 1 N–H and O–H groups in total. The van der Waals surface area contributed by atoms with E-state index in [1.54, 1.807) is 0 Å². The third kappa shape index (κ3) is 8.42. The van der Waals surface area contributed by atoms with Gasteiger partial charge in [0.05, 0.1) is 26.4 Å². The van der Waals surface area contributed by atoms with E-state index in [1.807, 2.05) is 17.9 Å². The summed E-state index contributed by atoms with van der Waals surface area (Å²) in [5, 5.41) is 8.78. The number of aliphatic hydroxyl groups is 1. The summed E-state index contributed by atoms with van der Waals surface area (Å²) in [6.45, 7) is 12.8. The van der Waals surface area contributed by atoms with Crippen LogP contribution in [0.25, 0.3) is 0 Å². The van der Waals surface area contributed by atoms with Gasteiger partial charge in [0.1, 0.15) is 0 Å². The molecule has 3 atom stereocenters. The number of rotatable bonds is 13. The molecule has 0 spiro atoms. The van der Waals surface area contributed by atoms with E-state index in [0.717, 1.165) is 32.4 Å². The molecule has 0 saturated carbocycles. The molecule has 0 radical (unpaired) electrons. The summed E-state index contributed by atoms with van der Waals surface area (Å²) >= 11 is 0. The lowest BCUT2D eigenvalue weighted by Gasteiger charge is -2.42. The van der Waals surface area contributed by atoms with Gasteiger partial charge in [0.2, 0.25) is 6.29 Å². The first-order valence-electron chi connectivity index (χ1n) is 13.8. The van der Waals surface area contributed by atoms with Crippen molar-refractivity contribution < 1.29 is 28.8 Å². The molecule has 0 aromatic carbocycles. The van der Waals surface area contributed by atoms with E-state index < -0.39 is 6.29 Å². The highest BCUT2D eigenvalue weighted by Gasteiger charge is 2.40. The summed E-state index contributed by atoms with van der Waals surface area (Å²) in [5.41, 5.74) is 0. The highest BCUT2D eigenvalue weighted by Crippen LogP contribution is 2.37. The maximum absolute atomic E-state index is 13.5. The van der Waals surface area contributed by atoms with E-state index in [4.69, 9.17) is 24.1 Å². The van der Waals surface area contributed by atoms with Crippen molar-refractivity contribution in [1.82, 2.24) is 9.80 Å². The number of piperidine rings is 2. The quantitative estimate of drug-likeness (QED) is 0.393. The molecule has 8 nitrogen and oxygen atoms in total. The lowest BCUT2D eigenvalue weighted by molar-refractivity contribution is -0.180. The average molecular weight is 497 g/mol. The summed E-state index contributed by atoms with van der Waals surface area (Å²) < 4.78 is 23.2. The molecule has 0 aromatic heterocycles. The largest absolute Gasteiger partial charge is 0.459 e. The number of likely N-dealkylation sites (tertiary alicyclic amines) is 2. The number of nitrogens with zero attached hydrogens (tertiary/aromatic N) is 2. The molecular weight excluding hydrogens is 448 g/mol. The number of carbonyl (C=O) groups is 1. The average Bonchev–Trinajstić information content (AvgIpc) is 2.88. The van der Waals surface area contributed by atoms with Crippen molar-refractivity contribution in [3.8, 4) is 0 Å². The van der Waals surface area contributed by atoms with E-state index in [9.17, 15) is 4.79 Å². The molecule has 3 heterocycles. The molecule has 2 saturated heterocycles. The first kappa shape index (κ1) is 28.4. The van der Waals surface area contributed by atoms with Crippen LogP contribution < -0.4 is 0 Å². The van der Waals surface area contributed by atoms with Crippen LogP contribution in [-0.4, -0.2) is 99.0 Å². The highest BCUT2D eigenvalue weighted by molar-refractivity contribution is 5.91. The van der Waals surface area contributed by atoms with E-state index in [2.05, 4.69) is 18.7 Å². The van der Waals surface area contributed by atoms with Crippen LogP contribution in [0, 0.1) is 17.8 Å². The van der Waals surface area contributed by atoms with Gasteiger partial charge in [0.25, 0.3) is 5.91 Å². The molecular formula is C27H48N2O6. The van der Waals surface area contributed by atoms with Crippen LogP contribution >= 0.6 is 0 Å². The Kier molecular flexibility index (Phi) is 12.3. The topological polar surface area (TPSA) is 80.7 Å². The summed E-state index contributed by atoms with van der Waals surface area (Å²) in [6, 6.07) is 0.610. The number of aliphatic hydroxyl groups excluding tert-OH is 1. The van der Waals surface area contributed by atoms with Gasteiger partial charge in [0, 0.05) is 38.3 Å². The second kappa shape index (κ2) is 15.2. The van der Waals surface area contributed by atoms with E-state index >= 15 is 0 Å². The number of carbonyl (C=O) groups excluding carboxylic acids is 1. The Hall–Kier alpha value is -1.19. The van der Waals surface area contributed by atoms with Gasteiger partial charge in [-0.2, -0.15) is 0 Å². The molecule has 35 heavy (non-hydrogen) atoms. The molecule has 8 heteroatoms. The predicted octanol–water partition coefficient (Wildman–Crippen LogP) is 3.04. The van der Waals surface area contributed by atoms with Gasteiger partial charge in [-0.1, -0.05) is 20.3 Å². The minimum absolute atomic E-state index is 0.00757. The Bertz CT molecular complexity index is 644. The number of amides is 1. The van der Waals surface area contributed by atoms with Crippen LogP contribution in [0.4, 0.5) is 0 Å². The normalized spacial score (nSPS) is 26.6. The summed E-state index contributed by atoms with van der Waals surface area (Å²) in [7, 11) is 0. The van der Waals surface area contributed by atoms with Crippen molar-refractivity contribution in [2.45, 2.75) is 71.6 Å². The first-order chi connectivity index (χ1) is 17.0. The Labute approximate surface area is 211 Å². The zero-order valence-corrected chi connectivity index (χ0v) is 22.2. The molecule has 1 amide bonds. The lowest BCUT2D eigenvalue weighted by atomic mass is 9.79. The van der Waals surface area contributed by atoms with Crippen molar-refractivity contribution in [2.75, 3.05) is 65.8 Å². The smallest absolute Gasteiger partial charge is 0.288 e. The maximum atomic E-state index is 13.5. The van der Waals surface area contributed by atoms with Gasteiger partial charge in [-0.05, 0) is 70.0 Å². The van der Waals surface area contributed by atoms with Crippen LogP contribution in [0.5, 0.6) is 0 Å². The Morgan fingerprint density at radius 1 is 1.06 bits per heavy atom. The molecule has 3 unspecified atom stereocenters. The van der Waals surface area contributed by atoms with E-state index in [1.165, 1.54) is 32.4 Å². The standard InChI is InChI=1S/C27H48N2O6/c1-4-34-27-23(10-16-32-18-19-33-17-15-30)24(21(2)3)20-25(35-27)26(31)29-13-8-22(9-14-29)28-11-6-5-7-12-28/h20-24,27,30H,4-19H2,1-3H3. The Morgan fingerprint density at radius 2 is 1.74 bits per heavy atom. The molecule has 3 aliphatic rings. The summed E-state index contributed by atoms with van der Waals surface area (Å²) in [4.78, 5) is 18.1. The second-order valence-electron chi connectivity index (χ2n) is 10.3. The van der Waals surface area contributed by atoms with Crippen molar-refractivity contribution in [2.24, 2.45) is 17.8 Å². The highest BCUT2D eigenvalue weighted by atomic mass is 16.7. The second-order valence-corrected chi connectivity index (χ2v) is 10.3. The third-order valence-corrected chi connectivity index (χ3v) is 7.60.